The molecule has 26 heavy (non-hydrogen) atoms. The van der Waals surface area contributed by atoms with Crippen LogP contribution >= 0.6 is 11.6 Å². The average Bonchev–Trinajstić information content (AvgIpc) is 3.08. The smallest absolute Gasteiger partial charge is 0.271 e. The highest BCUT2D eigenvalue weighted by atomic mass is 35.5. The molecule has 0 saturated heterocycles. The van der Waals surface area contributed by atoms with Crippen LogP contribution in [-0.4, -0.2) is 23.3 Å². The third-order valence-electron chi connectivity index (χ3n) is 4.19. The number of imide groups is 1. The maximum absolute atomic E-state index is 12.6. The molecule has 1 aliphatic heterocycles. The zero-order valence-corrected chi connectivity index (χ0v) is 15.0. The second-order valence-corrected chi connectivity index (χ2v) is 6.11. The van der Waals surface area contributed by atoms with Gasteiger partial charge in [0.05, 0.1) is 5.02 Å². The predicted molar refractivity (Wildman–Crippen MR) is 97.8 cm³/mol. The van der Waals surface area contributed by atoms with Gasteiger partial charge in [-0.05, 0) is 49.8 Å². The predicted octanol–water partition coefficient (Wildman–Crippen LogP) is 4.21. The largest absolute Gasteiger partial charge is 0.457 e. The van der Waals surface area contributed by atoms with E-state index >= 15 is 0 Å². The Morgan fingerprint density at radius 2 is 1.92 bits per heavy atom. The van der Waals surface area contributed by atoms with E-state index in [1.165, 1.54) is 0 Å². The molecule has 130 valence electrons. The van der Waals surface area contributed by atoms with Gasteiger partial charge in [-0.1, -0.05) is 23.7 Å². The molecule has 3 rings (SSSR count). The van der Waals surface area contributed by atoms with Crippen LogP contribution in [0.5, 0.6) is 0 Å². The topological polar surface area (TPSA) is 74.3 Å². The third-order valence-corrected chi connectivity index (χ3v) is 4.52. The summed E-state index contributed by atoms with van der Waals surface area (Å²) in [5, 5.41) is 9.82. The molecule has 0 atom stereocenters. The lowest BCUT2D eigenvalue weighted by Gasteiger charge is -2.25. The summed E-state index contributed by atoms with van der Waals surface area (Å²) in [6.45, 7) is 3.47. The first kappa shape index (κ1) is 17.7. The van der Waals surface area contributed by atoms with Gasteiger partial charge in [-0.25, -0.2) is 0 Å². The van der Waals surface area contributed by atoms with E-state index in [9.17, 15) is 14.9 Å². The number of hydrogen-bond acceptors (Lipinski definition) is 4. The van der Waals surface area contributed by atoms with Crippen molar-refractivity contribution in [3.63, 3.8) is 0 Å². The summed E-state index contributed by atoms with van der Waals surface area (Å²) < 4.78 is 5.79. The van der Waals surface area contributed by atoms with E-state index in [2.05, 4.69) is 0 Å². The molecule has 1 aromatic heterocycles. The summed E-state index contributed by atoms with van der Waals surface area (Å²) in [5.41, 5.74) is 1.32. The number of carbonyl (C=O) groups excluding carboxylic acids is 2. The first-order valence-electron chi connectivity index (χ1n) is 8.02. The Morgan fingerprint density at radius 3 is 2.58 bits per heavy atom. The standard InChI is InChI=1S/C20H15ClN2O3/c1-3-23-19(24)15(12(2)16(11-22)20(23)25)10-13-8-9-18(26-13)14-6-4-5-7-17(14)21/h4-10H,3H2,1-2H3/b15-10+. The van der Waals surface area contributed by atoms with Crippen LogP contribution < -0.4 is 0 Å². The van der Waals surface area contributed by atoms with E-state index in [4.69, 9.17) is 16.0 Å². The van der Waals surface area contributed by atoms with Crippen LogP contribution in [0.2, 0.25) is 5.02 Å². The van der Waals surface area contributed by atoms with Gasteiger partial charge in [0, 0.05) is 17.7 Å². The lowest BCUT2D eigenvalue weighted by Crippen LogP contribution is -2.42. The van der Waals surface area contributed by atoms with Crippen LogP contribution in [0.1, 0.15) is 19.6 Å². The SMILES string of the molecule is CCN1C(=O)C(C#N)=C(C)/C(=C\c2ccc(-c3ccccc3Cl)o2)C1=O. The maximum Gasteiger partial charge on any atom is 0.271 e. The molecule has 0 bridgehead atoms. The number of rotatable bonds is 3. The summed E-state index contributed by atoms with van der Waals surface area (Å²) in [6, 6.07) is 12.6. The minimum Gasteiger partial charge on any atom is -0.457 e. The maximum atomic E-state index is 12.6. The van der Waals surface area contributed by atoms with Gasteiger partial charge in [0.15, 0.2) is 0 Å². The van der Waals surface area contributed by atoms with Crippen LogP contribution in [0.4, 0.5) is 0 Å². The van der Waals surface area contributed by atoms with Gasteiger partial charge in [-0.3, -0.25) is 14.5 Å². The van der Waals surface area contributed by atoms with Crippen molar-refractivity contribution in [3.05, 3.63) is 63.9 Å². The lowest BCUT2D eigenvalue weighted by molar-refractivity contribution is -0.140. The number of nitrogens with zero attached hydrogens (tertiary/aromatic N) is 2. The number of likely N-dealkylation sites (N-methyl/N-ethyl adjacent to an activating group) is 1. The average molecular weight is 367 g/mol. The van der Waals surface area contributed by atoms with E-state index < -0.39 is 11.8 Å². The molecule has 2 heterocycles. The van der Waals surface area contributed by atoms with Crippen LogP contribution in [0.3, 0.4) is 0 Å². The number of amides is 2. The van der Waals surface area contributed by atoms with Crippen molar-refractivity contribution < 1.29 is 14.0 Å². The minimum atomic E-state index is -0.564. The molecule has 2 aromatic rings. The first-order chi connectivity index (χ1) is 12.5. The van der Waals surface area contributed by atoms with Gasteiger partial charge in [0.2, 0.25) is 0 Å². The zero-order valence-electron chi connectivity index (χ0n) is 14.2. The molecule has 0 N–H and O–H groups in total. The number of furan rings is 1. The molecule has 0 fully saturated rings. The Labute approximate surface area is 155 Å². The van der Waals surface area contributed by atoms with E-state index in [-0.39, 0.29) is 17.7 Å². The molecule has 0 saturated carbocycles. The van der Waals surface area contributed by atoms with Crippen molar-refractivity contribution in [2.45, 2.75) is 13.8 Å². The molecule has 6 heteroatoms. The second-order valence-electron chi connectivity index (χ2n) is 5.71. The van der Waals surface area contributed by atoms with E-state index in [0.717, 1.165) is 10.5 Å². The van der Waals surface area contributed by atoms with Crippen molar-refractivity contribution in [3.8, 4) is 17.4 Å². The summed E-state index contributed by atoms with van der Waals surface area (Å²) >= 11 is 6.18. The van der Waals surface area contributed by atoms with E-state index in [1.807, 2.05) is 24.3 Å². The monoisotopic (exact) mass is 366 g/mol. The van der Waals surface area contributed by atoms with Crippen molar-refractivity contribution in [1.29, 1.82) is 5.26 Å². The quantitative estimate of drug-likeness (QED) is 0.602. The lowest BCUT2D eigenvalue weighted by atomic mass is 9.95. The summed E-state index contributed by atoms with van der Waals surface area (Å²) in [6.07, 6.45) is 1.55. The normalized spacial score (nSPS) is 16.4. The number of benzene rings is 1. The molecular formula is C20H15ClN2O3. The fourth-order valence-electron chi connectivity index (χ4n) is 2.80. The Balaban J connectivity index is 2.06. The van der Waals surface area contributed by atoms with Crippen LogP contribution in [0, 0.1) is 11.3 Å². The fraction of sp³-hybridized carbons (Fsp3) is 0.150. The molecule has 0 radical (unpaired) electrons. The molecule has 2 amide bonds. The first-order valence-corrected chi connectivity index (χ1v) is 8.39. The van der Waals surface area contributed by atoms with Crippen LogP contribution in [0.25, 0.3) is 17.4 Å². The zero-order chi connectivity index (χ0) is 18.8. The van der Waals surface area contributed by atoms with Crippen LogP contribution in [0.15, 0.2) is 57.5 Å². The van der Waals surface area contributed by atoms with E-state index in [1.54, 1.807) is 38.1 Å². The molecule has 0 unspecified atom stereocenters. The third kappa shape index (κ3) is 2.96. The van der Waals surface area contributed by atoms with Gasteiger partial charge in [0.1, 0.15) is 23.2 Å². The van der Waals surface area contributed by atoms with Gasteiger partial charge in [-0.15, -0.1) is 0 Å². The molecule has 0 aliphatic carbocycles. The Morgan fingerprint density at radius 1 is 1.19 bits per heavy atom. The van der Waals surface area contributed by atoms with Gasteiger partial charge < -0.3 is 4.42 Å². The highest BCUT2D eigenvalue weighted by molar-refractivity contribution is 6.33. The second kappa shape index (κ2) is 7.03. The van der Waals surface area contributed by atoms with Crippen molar-refractivity contribution in [2.24, 2.45) is 0 Å². The van der Waals surface area contributed by atoms with Gasteiger partial charge in [0.25, 0.3) is 11.8 Å². The molecule has 5 nitrogen and oxygen atoms in total. The summed E-state index contributed by atoms with van der Waals surface area (Å²) in [7, 11) is 0. The summed E-state index contributed by atoms with van der Waals surface area (Å²) in [4.78, 5) is 25.8. The fourth-order valence-corrected chi connectivity index (χ4v) is 3.02. The number of carbonyl (C=O) groups is 2. The Hall–Kier alpha value is -3.10. The Kier molecular flexibility index (Phi) is 4.79. The van der Waals surface area contributed by atoms with Gasteiger partial charge in [-0.2, -0.15) is 5.26 Å². The number of halogens is 1. The number of nitriles is 1. The highest BCUT2D eigenvalue weighted by Gasteiger charge is 2.34. The molecule has 1 aromatic carbocycles. The van der Waals surface area contributed by atoms with Gasteiger partial charge >= 0.3 is 0 Å². The summed E-state index contributed by atoms with van der Waals surface area (Å²) in [5.74, 6) is -0.00266. The highest BCUT2D eigenvalue weighted by Crippen LogP contribution is 2.31. The number of hydrogen-bond donors (Lipinski definition) is 0. The minimum absolute atomic E-state index is 0.0319. The van der Waals surface area contributed by atoms with Crippen molar-refractivity contribution in [2.75, 3.05) is 6.54 Å². The molecular weight excluding hydrogens is 352 g/mol. The Bertz CT molecular complexity index is 1010. The van der Waals surface area contributed by atoms with Crippen molar-refractivity contribution >= 4 is 29.5 Å². The van der Waals surface area contributed by atoms with Crippen LogP contribution in [-0.2, 0) is 9.59 Å². The van der Waals surface area contributed by atoms with Crippen molar-refractivity contribution in [1.82, 2.24) is 4.90 Å². The molecule has 0 spiro atoms. The van der Waals surface area contributed by atoms with E-state index in [0.29, 0.717) is 22.1 Å². The molecule has 1 aliphatic rings.